The van der Waals surface area contributed by atoms with Gasteiger partial charge in [0.15, 0.2) is 0 Å². The maximum absolute atomic E-state index is 13.2. The minimum Gasteiger partial charge on any atom is -0.458 e. The number of allylic oxidation sites excluding steroid dienone is 2. The normalized spacial score (nSPS) is 36.2. The van der Waals surface area contributed by atoms with Crippen molar-refractivity contribution in [2.75, 3.05) is 0 Å². The first-order valence-corrected chi connectivity index (χ1v) is 39.1. The summed E-state index contributed by atoms with van der Waals surface area (Å²) in [5.74, 6) is -5.42. The maximum Gasteiger partial charge on any atom is 0.309 e. The molecular formula is C81H117N3O17S3. The Bertz CT molecular complexity index is 3540. The highest BCUT2D eigenvalue weighted by Crippen LogP contribution is 2.46. The molecule has 0 unspecified atom stereocenters. The molecule has 3 aromatic heterocycles. The Labute approximate surface area is 628 Å². The molecule has 8 heterocycles. The van der Waals surface area contributed by atoms with Gasteiger partial charge >= 0.3 is 17.9 Å². The predicted octanol–water partition coefficient (Wildman–Crippen LogP) is 13.5. The zero-order chi connectivity index (χ0) is 77.9. The number of carbonyl (C=O) groups is 6. The summed E-state index contributed by atoms with van der Waals surface area (Å²) >= 11 is 4.66. The number of nitrogens with zero attached hydrogens (tertiary/aromatic N) is 3. The fourth-order valence-electron chi connectivity index (χ4n) is 13.4. The molecule has 0 radical (unpaired) electrons. The van der Waals surface area contributed by atoms with Crippen molar-refractivity contribution >= 4 is 87.5 Å². The van der Waals surface area contributed by atoms with Gasteiger partial charge in [0.1, 0.15) is 35.7 Å². The molecule has 3 aromatic rings. The Balaban J connectivity index is 0.000000245. The van der Waals surface area contributed by atoms with Crippen LogP contribution in [0.15, 0.2) is 81.0 Å². The number of aromatic nitrogens is 3. The molecule has 0 aromatic carbocycles. The lowest BCUT2D eigenvalue weighted by atomic mass is 9.73. The average Bonchev–Trinajstić information content (AvgIpc) is 1.61. The molecule has 2 saturated heterocycles. The number of hydrogen-bond acceptors (Lipinski definition) is 23. The Hall–Kier alpha value is -5.83. The Morgan fingerprint density at radius 3 is 1.04 bits per heavy atom. The van der Waals surface area contributed by atoms with E-state index in [1.165, 1.54) is 0 Å². The van der Waals surface area contributed by atoms with Crippen LogP contribution in [-0.2, 0) is 52.5 Å². The van der Waals surface area contributed by atoms with Crippen molar-refractivity contribution in [3.8, 4) is 0 Å². The molecule has 19 atom stereocenters. The highest BCUT2D eigenvalue weighted by Gasteiger charge is 2.54. The van der Waals surface area contributed by atoms with E-state index in [2.05, 4.69) is 15.0 Å². The van der Waals surface area contributed by atoms with E-state index in [4.69, 9.17) is 23.7 Å². The quantitative estimate of drug-likeness (QED) is 0.0578. The summed E-state index contributed by atoms with van der Waals surface area (Å²) in [6.07, 6.45) is 13.8. The summed E-state index contributed by atoms with van der Waals surface area (Å²) in [6.45, 7) is 37.8. The van der Waals surface area contributed by atoms with Crippen LogP contribution in [-0.4, -0.2) is 159 Å². The van der Waals surface area contributed by atoms with E-state index < -0.39 is 107 Å². The molecule has 576 valence electrons. The Morgan fingerprint density at radius 2 is 0.740 bits per heavy atom. The van der Waals surface area contributed by atoms with Gasteiger partial charge in [-0.15, -0.1) is 34.0 Å². The number of Topliss-reactive ketones (excluding diaryl/α,β-unsaturated/α-hetero) is 3. The molecule has 8 rings (SSSR count). The molecular weight excluding hydrogens is 1380 g/mol. The highest BCUT2D eigenvalue weighted by atomic mass is 32.1. The van der Waals surface area contributed by atoms with Crippen molar-refractivity contribution < 1.29 is 83.1 Å². The third-order valence-corrected chi connectivity index (χ3v) is 24.0. The second-order valence-electron chi connectivity index (χ2n) is 31.8. The van der Waals surface area contributed by atoms with Gasteiger partial charge in [0.25, 0.3) is 0 Å². The minimum absolute atomic E-state index is 0.0968. The molecule has 0 amide bonds. The van der Waals surface area contributed by atoms with Gasteiger partial charge in [0.05, 0.1) is 128 Å². The topological polar surface area (TPSA) is 315 Å². The van der Waals surface area contributed by atoms with Crippen LogP contribution < -0.4 is 0 Å². The number of aliphatic hydroxyl groups is 6. The SMILES string of the molecule is C/C(=C\c1csc(C)n1)[C@@H]1C[C@@H]2O[C@]2(C)C/C=C/[C@H](C)[C@H](O)[C@@H](C)C(=O)C(C)(C)[C@@H](O)CC(=O)O1.C/C(=C\c1csc(C)n1)[C@@H]1C[C@H]2O[C@@]2(C)C/C=C/[C@H](C)[C@H](O)[C@@H](C)C(=O)C(C)(C)[C@@H](O)CC(=O)O1.C/C1=C/C[C@@H](/C(C)=C/c2csc(C)n2)OC(=O)C[C@H](O)C(C)(C)C(=O)[C@H](C)[C@@H](O)[C@@H](C)/C=C/C1. The van der Waals surface area contributed by atoms with E-state index in [-0.39, 0.29) is 77.8 Å². The maximum atomic E-state index is 13.2. The third kappa shape index (κ3) is 23.6. The number of esters is 3. The molecule has 0 spiro atoms. The smallest absolute Gasteiger partial charge is 0.309 e. The van der Waals surface area contributed by atoms with Gasteiger partial charge in [0.2, 0.25) is 0 Å². The number of rotatable bonds is 6. The van der Waals surface area contributed by atoms with E-state index in [1.807, 2.05) is 160 Å². The number of fused-ring (bicyclic) bond motifs is 2. The van der Waals surface area contributed by atoms with Gasteiger partial charge in [-0.3, -0.25) is 28.8 Å². The summed E-state index contributed by atoms with van der Waals surface area (Å²) in [6, 6.07) is 0. The van der Waals surface area contributed by atoms with Crippen molar-refractivity contribution in [2.45, 2.75) is 282 Å². The molecule has 20 nitrogen and oxygen atoms in total. The van der Waals surface area contributed by atoms with Crippen LogP contribution in [0.5, 0.6) is 0 Å². The first kappa shape index (κ1) is 87.1. The van der Waals surface area contributed by atoms with Crippen LogP contribution in [0.25, 0.3) is 18.2 Å². The standard InChI is InChI=1S/2C27H39NO6S.C27H39NO5S/c2*1-15-9-8-10-27(7)22(34-27)12-20(16(2)11-19-14-35-18(4)28-19)33-23(30)13-21(29)26(5,6)25(32)17(3)24(15)31;1-16-9-8-10-17(2)25(31)19(4)26(32)27(6,7)23(29)14-24(30)33-22(12-11-16)18(3)13-21-15-34-20(5)28-21/h2*8-9,11,14-15,17,20-22,24,29,31H,10,12-13H2,1-7H3;8,10-11,13,15,17,19,22-23,25,29,31H,9,12,14H2,1-7H3/b2*9-8+,16-11+;10-8+,16-11-,18-13+/t15-,17+,20-,21-,22+,24-,27-;15-,17+,20-,21-,22-,24-,27+;17-,19+,22-,23-,25-/m000/s1. The zero-order valence-corrected chi connectivity index (χ0v) is 67.4. The lowest BCUT2D eigenvalue weighted by Gasteiger charge is -2.34. The van der Waals surface area contributed by atoms with E-state index in [1.54, 1.807) is 96.3 Å². The predicted molar refractivity (Wildman–Crippen MR) is 408 cm³/mol. The number of epoxide rings is 2. The first-order valence-electron chi connectivity index (χ1n) is 36.4. The molecule has 0 aliphatic carbocycles. The van der Waals surface area contributed by atoms with E-state index in [0.717, 1.165) is 54.4 Å². The summed E-state index contributed by atoms with van der Waals surface area (Å²) in [7, 11) is 0. The lowest BCUT2D eigenvalue weighted by Crippen LogP contribution is -2.45. The fraction of sp³-hybridized carbons (Fsp3) is 0.642. The lowest BCUT2D eigenvalue weighted by molar-refractivity contribution is -0.156. The first-order chi connectivity index (χ1) is 48.3. The number of aryl methyl sites for hydroxylation is 3. The number of carbonyl (C=O) groups excluding carboxylic acids is 6. The Kier molecular flexibility index (Phi) is 30.9. The second-order valence-corrected chi connectivity index (χ2v) is 35.0. The van der Waals surface area contributed by atoms with Crippen LogP contribution in [0.2, 0.25) is 0 Å². The summed E-state index contributed by atoms with van der Waals surface area (Å²) < 4.78 is 29.5. The van der Waals surface area contributed by atoms with Crippen LogP contribution in [0, 0.1) is 72.5 Å². The largest absolute Gasteiger partial charge is 0.458 e. The summed E-state index contributed by atoms with van der Waals surface area (Å²) in [4.78, 5) is 91.6. The number of ether oxygens (including phenoxy) is 5. The number of ketones is 3. The van der Waals surface area contributed by atoms with Crippen molar-refractivity contribution in [1.29, 1.82) is 0 Å². The number of thiazole rings is 3. The molecule has 5 aliphatic heterocycles. The fourth-order valence-corrected chi connectivity index (χ4v) is 15.1. The molecule has 0 saturated carbocycles. The minimum atomic E-state index is -1.25. The van der Waals surface area contributed by atoms with Crippen LogP contribution in [0.3, 0.4) is 0 Å². The van der Waals surface area contributed by atoms with Crippen molar-refractivity contribution in [1.82, 2.24) is 15.0 Å². The molecule has 2 fully saturated rings. The van der Waals surface area contributed by atoms with Crippen molar-refractivity contribution in [2.24, 2.45) is 51.8 Å². The second kappa shape index (κ2) is 36.8. The van der Waals surface area contributed by atoms with E-state index in [9.17, 15) is 59.4 Å². The highest BCUT2D eigenvalue weighted by molar-refractivity contribution is 7.10. The van der Waals surface area contributed by atoms with Crippen LogP contribution >= 0.6 is 34.0 Å². The van der Waals surface area contributed by atoms with Crippen molar-refractivity contribution in [3.63, 3.8) is 0 Å². The van der Waals surface area contributed by atoms with Gasteiger partial charge in [-0.25, -0.2) is 15.0 Å². The van der Waals surface area contributed by atoms with Gasteiger partial charge in [0, 0.05) is 70.9 Å². The Morgan fingerprint density at radius 1 is 0.452 bits per heavy atom. The zero-order valence-electron chi connectivity index (χ0n) is 64.9. The third-order valence-electron chi connectivity index (χ3n) is 21.7. The molecule has 104 heavy (non-hydrogen) atoms. The van der Waals surface area contributed by atoms with Crippen LogP contribution in [0.1, 0.15) is 215 Å². The number of cyclic esters (lactones) is 3. The number of hydrogen-bond donors (Lipinski definition) is 6. The van der Waals surface area contributed by atoms with Crippen LogP contribution in [0.4, 0.5) is 0 Å². The molecule has 6 N–H and O–H groups in total. The van der Waals surface area contributed by atoms with Crippen molar-refractivity contribution in [3.05, 3.63) is 113 Å². The van der Waals surface area contributed by atoms with Gasteiger partial charge in [-0.05, 0) is 117 Å². The monoisotopic (exact) mass is 1500 g/mol. The van der Waals surface area contributed by atoms with E-state index in [0.29, 0.717) is 38.5 Å². The molecule has 23 heteroatoms. The van der Waals surface area contributed by atoms with Gasteiger partial charge < -0.3 is 54.3 Å². The molecule has 5 aliphatic rings. The van der Waals surface area contributed by atoms with Gasteiger partial charge in [-0.1, -0.05) is 131 Å². The summed E-state index contributed by atoms with van der Waals surface area (Å²) in [5.41, 5.74) is 1.65. The van der Waals surface area contributed by atoms with E-state index >= 15 is 0 Å². The number of aliphatic hydroxyl groups excluding tert-OH is 6. The summed E-state index contributed by atoms with van der Waals surface area (Å²) in [5, 5.41) is 73.5. The molecule has 0 bridgehead atoms. The van der Waals surface area contributed by atoms with Gasteiger partial charge in [-0.2, -0.15) is 0 Å². The average molecular weight is 1500 g/mol.